The van der Waals surface area contributed by atoms with E-state index in [1.807, 2.05) is 60.7 Å². The molecule has 2 aromatic carbocycles. The van der Waals surface area contributed by atoms with Crippen molar-refractivity contribution in [3.8, 4) is 0 Å². The van der Waals surface area contributed by atoms with E-state index < -0.39 is 0 Å². The van der Waals surface area contributed by atoms with E-state index in [-0.39, 0.29) is 0 Å². The van der Waals surface area contributed by atoms with E-state index in [0.29, 0.717) is 0 Å². The molecule has 0 fully saturated rings. The Morgan fingerprint density at radius 3 is 1.30 bits per heavy atom. The molecule has 0 radical (unpaired) electrons. The Labute approximate surface area is 117 Å². The number of hydrogen-bond acceptors (Lipinski definition) is 4. The molecule has 4 nitrogen and oxygen atoms in total. The van der Waals surface area contributed by atoms with Gasteiger partial charge in [0.15, 0.2) is 0 Å². The lowest BCUT2D eigenvalue weighted by atomic mass is 10.3. The van der Waals surface area contributed by atoms with Gasteiger partial charge in [-0.2, -0.15) is 10.2 Å². The van der Waals surface area contributed by atoms with E-state index in [2.05, 4.69) is 20.2 Å². The summed E-state index contributed by atoms with van der Waals surface area (Å²) in [5.41, 5.74) is 1.74. The standard InChI is InChI=1S/C12H10N2.C4H4N2/c1-3-7-11(8-4-1)13-14-12-9-5-2-6-10-12;1-2-5-4-6-3-1/h1-10H;1-4H. The van der Waals surface area contributed by atoms with Crippen LogP contribution in [0.25, 0.3) is 0 Å². The number of benzene rings is 2. The van der Waals surface area contributed by atoms with Crippen molar-refractivity contribution in [2.75, 3.05) is 0 Å². The highest BCUT2D eigenvalue weighted by molar-refractivity contribution is 5.39. The minimum Gasteiger partial charge on any atom is -0.245 e. The molecule has 3 aromatic rings. The van der Waals surface area contributed by atoms with E-state index in [1.54, 1.807) is 18.5 Å². The van der Waals surface area contributed by atoms with Crippen molar-refractivity contribution in [1.29, 1.82) is 0 Å². The van der Waals surface area contributed by atoms with Gasteiger partial charge in [-0.3, -0.25) is 0 Å². The molecule has 1 aromatic heterocycles. The SMILES string of the molecule is c1ccc(N=Nc2ccccc2)cc1.c1cncnc1. The molecule has 0 bridgehead atoms. The van der Waals surface area contributed by atoms with E-state index in [1.165, 1.54) is 6.33 Å². The molecule has 98 valence electrons. The highest BCUT2D eigenvalue weighted by Gasteiger charge is 1.86. The van der Waals surface area contributed by atoms with Crippen molar-refractivity contribution in [3.63, 3.8) is 0 Å². The average Bonchev–Trinajstić information content (AvgIpc) is 2.57. The van der Waals surface area contributed by atoms with E-state index in [9.17, 15) is 0 Å². The molecule has 0 amide bonds. The largest absolute Gasteiger partial charge is 0.245 e. The summed E-state index contributed by atoms with van der Waals surface area (Å²) in [7, 11) is 0. The van der Waals surface area contributed by atoms with Crippen molar-refractivity contribution in [2.45, 2.75) is 0 Å². The van der Waals surface area contributed by atoms with Gasteiger partial charge >= 0.3 is 0 Å². The second-order valence-electron chi connectivity index (χ2n) is 3.78. The number of aromatic nitrogens is 2. The lowest BCUT2D eigenvalue weighted by molar-refractivity contribution is 1.17. The minimum atomic E-state index is 0.872. The van der Waals surface area contributed by atoms with Crippen molar-refractivity contribution in [2.24, 2.45) is 10.2 Å². The minimum absolute atomic E-state index is 0.872. The van der Waals surface area contributed by atoms with Crippen molar-refractivity contribution >= 4 is 11.4 Å². The number of hydrogen-bond donors (Lipinski definition) is 0. The first-order valence-corrected chi connectivity index (χ1v) is 6.17. The molecule has 4 heteroatoms. The first-order valence-electron chi connectivity index (χ1n) is 6.17. The predicted octanol–water partition coefficient (Wildman–Crippen LogP) is 4.58. The molecule has 0 N–H and O–H groups in total. The molecular weight excluding hydrogens is 248 g/mol. The van der Waals surface area contributed by atoms with Crippen LogP contribution < -0.4 is 0 Å². The third-order valence-electron chi connectivity index (χ3n) is 2.27. The Hall–Kier alpha value is -2.88. The van der Waals surface area contributed by atoms with Gasteiger partial charge in [0.05, 0.1) is 11.4 Å². The second-order valence-corrected chi connectivity index (χ2v) is 3.78. The molecule has 3 rings (SSSR count). The van der Waals surface area contributed by atoms with Crippen molar-refractivity contribution < 1.29 is 0 Å². The molecule has 0 aliphatic carbocycles. The van der Waals surface area contributed by atoms with Crippen LogP contribution >= 0.6 is 0 Å². The highest BCUT2D eigenvalue weighted by atomic mass is 15.1. The zero-order valence-electron chi connectivity index (χ0n) is 10.9. The Bertz CT molecular complexity index is 542. The maximum atomic E-state index is 4.10. The van der Waals surface area contributed by atoms with Crippen molar-refractivity contribution in [3.05, 3.63) is 85.5 Å². The molecule has 20 heavy (non-hydrogen) atoms. The third kappa shape index (κ3) is 5.18. The third-order valence-corrected chi connectivity index (χ3v) is 2.27. The van der Waals surface area contributed by atoms with Crippen LogP contribution in [-0.4, -0.2) is 9.97 Å². The van der Waals surface area contributed by atoms with Gasteiger partial charge in [-0.25, -0.2) is 9.97 Å². The van der Waals surface area contributed by atoms with Gasteiger partial charge in [0, 0.05) is 12.4 Å². The predicted molar refractivity (Wildman–Crippen MR) is 79.1 cm³/mol. The van der Waals surface area contributed by atoms with Gasteiger partial charge in [-0.1, -0.05) is 36.4 Å². The number of rotatable bonds is 2. The van der Waals surface area contributed by atoms with Gasteiger partial charge in [0.2, 0.25) is 0 Å². The topological polar surface area (TPSA) is 50.5 Å². The lowest BCUT2D eigenvalue weighted by Gasteiger charge is -1.91. The molecule has 0 atom stereocenters. The summed E-state index contributed by atoms with van der Waals surface area (Å²) >= 11 is 0. The van der Waals surface area contributed by atoms with Crippen LogP contribution in [0.4, 0.5) is 11.4 Å². The average molecular weight is 262 g/mol. The van der Waals surface area contributed by atoms with Crippen LogP contribution in [0.2, 0.25) is 0 Å². The molecule has 0 aliphatic heterocycles. The Morgan fingerprint density at radius 1 is 0.550 bits per heavy atom. The number of azo groups is 1. The molecule has 0 saturated carbocycles. The normalized spacial score (nSPS) is 9.80. The van der Waals surface area contributed by atoms with Crippen LogP contribution in [0.1, 0.15) is 0 Å². The molecule has 1 heterocycles. The number of nitrogens with zero attached hydrogens (tertiary/aromatic N) is 4. The quantitative estimate of drug-likeness (QED) is 0.635. The van der Waals surface area contributed by atoms with Crippen LogP contribution in [0.15, 0.2) is 95.7 Å². The highest BCUT2D eigenvalue weighted by Crippen LogP contribution is 2.16. The molecule has 0 unspecified atom stereocenters. The maximum Gasteiger partial charge on any atom is 0.115 e. The van der Waals surface area contributed by atoms with Crippen LogP contribution in [0.5, 0.6) is 0 Å². The molecule has 0 spiro atoms. The van der Waals surface area contributed by atoms with Crippen LogP contribution in [0, 0.1) is 0 Å². The van der Waals surface area contributed by atoms with Crippen LogP contribution in [-0.2, 0) is 0 Å². The van der Waals surface area contributed by atoms with Crippen molar-refractivity contribution in [1.82, 2.24) is 9.97 Å². The second kappa shape index (κ2) is 8.26. The Kier molecular flexibility index (Phi) is 5.60. The van der Waals surface area contributed by atoms with Gasteiger partial charge < -0.3 is 0 Å². The summed E-state index contributed by atoms with van der Waals surface area (Å²) in [6, 6.07) is 21.2. The van der Waals surface area contributed by atoms with E-state index in [0.717, 1.165) is 11.4 Å². The summed E-state index contributed by atoms with van der Waals surface area (Å²) in [6.07, 6.45) is 4.88. The van der Waals surface area contributed by atoms with Gasteiger partial charge in [0.25, 0.3) is 0 Å². The zero-order valence-corrected chi connectivity index (χ0v) is 10.9. The summed E-state index contributed by atoms with van der Waals surface area (Å²) in [6.45, 7) is 0. The fraction of sp³-hybridized carbons (Fsp3) is 0. The Morgan fingerprint density at radius 2 is 1.00 bits per heavy atom. The monoisotopic (exact) mass is 262 g/mol. The molecule has 0 aliphatic rings. The van der Waals surface area contributed by atoms with Gasteiger partial charge in [-0.15, -0.1) is 0 Å². The smallest absolute Gasteiger partial charge is 0.115 e. The first kappa shape index (κ1) is 13.5. The van der Waals surface area contributed by atoms with Crippen LogP contribution in [0.3, 0.4) is 0 Å². The molecular formula is C16H14N4. The Balaban J connectivity index is 0.000000205. The summed E-state index contributed by atoms with van der Waals surface area (Å²) in [4.78, 5) is 7.35. The van der Waals surface area contributed by atoms with E-state index in [4.69, 9.17) is 0 Å². The lowest BCUT2D eigenvalue weighted by Crippen LogP contribution is -1.66. The summed E-state index contributed by atoms with van der Waals surface area (Å²) < 4.78 is 0. The van der Waals surface area contributed by atoms with Gasteiger partial charge in [-0.05, 0) is 30.3 Å². The zero-order chi connectivity index (χ0) is 13.9. The van der Waals surface area contributed by atoms with Gasteiger partial charge in [0.1, 0.15) is 6.33 Å². The maximum absolute atomic E-state index is 4.10. The fourth-order valence-corrected chi connectivity index (χ4v) is 1.36. The summed E-state index contributed by atoms with van der Waals surface area (Å²) in [5, 5.41) is 8.20. The fourth-order valence-electron chi connectivity index (χ4n) is 1.36. The van der Waals surface area contributed by atoms with E-state index >= 15 is 0 Å². The summed E-state index contributed by atoms with van der Waals surface area (Å²) in [5.74, 6) is 0. The molecule has 0 saturated heterocycles. The first-order chi connectivity index (χ1) is 9.95.